The minimum Gasteiger partial charge on any atom is -0.494 e. The lowest BCUT2D eigenvalue weighted by atomic mass is 10.1. The van der Waals surface area contributed by atoms with Gasteiger partial charge in [-0.1, -0.05) is 7.43 Å². The van der Waals surface area contributed by atoms with E-state index in [0.717, 1.165) is 29.8 Å². The standard InChI is InChI=1S/C28H28F2N6O3S.CH4/c1-3-38-20-13-22(29)21(23(30)14-20)16-36-26(18-5-6-18)17(2)25(35-36)28-32-15-24(39-11-4-12-40-37)27(34-28)33-19-7-9-31-10-8-19;/h7-10,12-15,18H,3-6,11,16H2,1-2H3,(H,31,32,33,34);1H4. The van der Waals surface area contributed by atoms with Gasteiger partial charge in [0, 0.05) is 64.7 Å². The van der Waals surface area contributed by atoms with Crippen molar-refractivity contribution in [3.05, 3.63) is 71.3 Å². The highest BCUT2D eigenvalue weighted by Gasteiger charge is 2.32. The van der Waals surface area contributed by atoms with Gasteiger partial charge in [-0.25, -0.2) is 23.0 Å². The molecule has 12 heteroatoms. The van der Waals surface area contributed by atoms with E-state index >= 15 is 0 Å². The molecule has 9 nitrogen and oxygen atoms in total. The van der Waals surface area contributed by atoms with Crippen molar-refractivity contribution in [2.75, 3.05) is 18.5 Å². The summed E-state index contributed by atoms with van der Waals surface area (Å²) < 4.78 is 53.3. The third-order valence-electron chi connectivity index (χ3n) is 6.41. The number of rotatable bonds is 12. The summed E-state index contributed by atoms with van der Waals surface area (Å²) >= 11 is 0.388. The summed E-state index contributed by atoms with van der Waals surface area (Å²) in [6.45, 7) is 4.20. The molecule has 0 radical (unpaired) electrons. The average Bonchev–Trinajstić information content (AvgIpc) is 3.72. The number of anilines is 2. The maximum atomic E-state index is 14.9. The zero-order valence-corrected chi connectivity index (χ0v) is 22.9. The zero-order valence-electron chi connectivity index (χ0n) is 22.1. The van der Waals surface area contributed by atoms with Crippen LogP contribution in [0.5, 0.6) is 11.5 Å². The quantitative estimate of drug-likeness (QED) is 0.165. The lowest BCUT2D eigenvalue weighted by Crippen LogP contribution is -2.10. The first kappa shape index (κ1) is 29.8. The Labute approximate surface area is 241 Å². The van der Waals surface area contributed by atoms with Gasteiger partial charge in [0.05, 0.1) is 37.2 Å². The summed E-state index contributed by atoms with van der Waals surface area (Å²) in [6.07, 6.45) is 7.26. The van der Waals surface area contributed by atoms with Crippen LogP contribution >= 0.6 is 0 Å². The van der Waals surface area contributed by atoms with E-state index in [2.05, 4.69) is 15.3 Å². The van der Waals surface area contributed by atoms with E-state index in [4.69, 9.17) is 19.6 Å². The molecule has 1 N–H and O–H groups in total. The van der Waals surface area contributed by atoms with Crippen LogP contribution in [0.2, 0.25) is 0 Å². The number of hydrogen-bond acceptors (Lipinski definition) is 8. The largest absolute Gasteiger partial charge is 0.494 e. The summed E-state index contributed by atoms with van der Waals surface area (Å²) in [5.41, 5.74) is 2.96. The molecule has 0 bridgehead atoms. The highest BCUT2D eigenvalue weighted by molar-refractivity contribution is 7.64. The van der Waals surface area contributed by atoms with Crippen LogP contribution in [0.25, 0.3) is 11.5 Å². The van der Waals surface area contributed by atoms with Gasteiger partial charge >= 0.3 is 0 Å². The van der Waals surface area contributed by atoms with Gasteiger partial charge in [-0.15, -0.1) is 0 Å². The summed E-state index contributed by atoms with van der Waals surface area (Å²) in [4.78, 5) is 13.3. The molecule has 3 aromatic heterocycles. The second-order valence-corrected chi connectivity index (χ2v) is 9.78. The Bertz CT molecular complexity index is 1530. The lowest BCUT2D eigenvalue weighted by molar-refractivity contribution is 0.330. The van der Waals surface area contributed by atoms with Crippen molar-refractivity contribution in [3.63, 3.8) is 0 Å². The summed E-state index contributed by atoms with van der Waals surface area (Å²) in [6, 6.07) is 5.97. The van der Waals surface area contributed by atoms with Crippen LogP contribution in [-0.2, 0) is 17.8 Å². The van der Waals surface area contributed by atoms with Crippen LogP contribution in [0.4, 0.5) is 20.3 Å². The number of ether oxygens (including phenoxy) is 2. The van der Waals surface area contributed by atoms with Crippen molar-refractivity contribution in [2.45, 2.75) is 53.0 Å². The van der Waals surface area contributed by atoms with E-state index < -0.39 is 11.6 Å². The average molecular weight is 583 g/mol. The number of nitrogens with one attached hydrogen (secondary N) is 1. The molecule has 1 aliphatic rings. The fraction of sp³-hybridized carbons (Fsp3) is 0.345. The minimum absolute atomic E-state index is 0. The summed E-state index contributed by atoms with van der Waals surface area (Å²) in [7, 11) is 0. The predicted molar refractivity (Wildman–Crippen MR) is 155 cm³/mol. The molecular formula is C29H32F2N6O3S. The van der Waals surface area contributed by atoms with Gasteiger partial charge < -0.3 is 14.8 Å². The molecule has 1 aromatic carbocycles. The third-order valence-corrected chi connectivity index (χ3v) is 6.78. The molecule has 0 saturated heterocycles. The van der Waals surface area contributed by atoms with Crippen molar-refractivity contribution in [3.8, 4) is 23.0 Å². The molecule has 41 heavy (non-hydrogen) atoms. The Hall–Kier alpha value is -4.19. The number of hydrogen-bond donors (Lipinski definition) is 1. The van der Waals surface area contributed by atoms with E-state index in [1.807, 2.05) is 6.92 Å². The molecular weight excluding hydrogens is 550 g/mol. The predicted octanol–water partition coefficient (Wildman–Crippen LogP) is 5.81. The fourth-order valence-corrected chi connectivity index (χ4v) is 4.61. The second kappa shape index (κ2) is 13.4. The van der Waals surface area contributed by atoms with Crippen LogP contribution in [0.3, 0.4) is 0 Å². The van der Waals surface area contributed by atoms with Gasteiger partial charge in [-0.05, 0) is 38.8 Å². The molecule has 1 saturated carbocycles. The first-order valence-electron chi connectivity index (χ1n) is 12.9. The van der Waals surface area contributed by atoms with Crippen LogP contribution in [0.15, 0.2) is 42.9 Å². The number of aromatic nitrogens is 5. The lowest BCUT2D eigenvalue weighted by Gasteiger charge is -2.12. The van der Waals surface area contributed by atoms with E-state index in [1.165, 1.54) is 17.5 Å². The first-order valence-corrected chi connectivity index (χ1v) is 13.7. The van der Waals surface area contributed by atoms with Gasteiger partial charge in [0.1, 0.15) is 23.1 Å². The van der Waals surface area contributed by atoms with E-state index in [1.54, 1.807) is 42.3 Å². The van der Waals surface area contributed by atoms with E-state index in [0.29, 0.717) is 47.4 Å². The van der Waals surface area contributed by atoms with E-state index in [-0.39, 0.29) is 37.8 Å². The molecule has 0 aliphatic heterocycles. The van der Waals surface area contributed by atoms with Crippen molar-refractivity contribution in [1.29, 1.82) is 0 Å². The zero-order chi connectivity index (χ0) is 28.1. The third kappa shape index (κ3) is 6.94. The normalized spacial score (nSPS) is 12.4. The maximum Gasteiger partial charge on any atom is 0.182 e. The number of halogens is 2. The molecule has 4 aromatic rings. The van der Waals surface area contributed by atoms with Gasteiger partial charge in [-0.3, -0.25) is 9.67 Å². The molecule has 1 fully saturated rings. The van der Waals surface area contributed by atoms with E-state index in [9.17, 15) is 13.0 Å². The van der Waals surface area contributed by atoms with Crippen LogP contribution in [-0.4, -0.2) is 47.5 Å². The Morgan fingerprint density at radius 1 is 1.17 bits per heavy atom. The maximum absolute atomic E-state index is 14.9. The summed E-state index contributed by atoms with van der Waals surface area (Å²) in [5, 5.41) is 9.49. The van der Waals surface area contributed by atoms with Crippen molar-refractivity contribution < 1.29 is 22.5 Å². The van der Waals surface area contributed by atoms with Gasteiger partial charge in [0.15, 0.2) is 17.4 Å². The fourth-order valence-electron chi connectivity index (χ4n) is 4.42. The molecule has 0 unspecified atom stereocenters. The van der Waals surface area contributed by atoms with Crippen molar-refractivity contribution in [2.24, 2.45) is 0 Å². The molecule has 0 spiro atoms. The first-order chi connectivity index (χ1) is 19.5. The van der Waals surface area contributed by atoms with Crippen LogP contribution in [0, 0.1) is 18.6 Å². The monoisotopic (exact) mass is 582 g/mol. The molecule has 0 atom stereocenters. The Balaban J connectivity index is 0.00000387. The highest BCUT2D eigenvalue weighted by atomic mass is 32.1. The minimum atomic E-state index is -0.686. The Morgan fingerprint density at radius 3 is 2.56 bits per heavy atom. The van der Waals surface area contributed by atoms with Gasteiger partial charge in [-0.2, -0.15) is 5.10 Å². The Morgan fingerprint density at radius 2 is 1.90 bits per heavy atom. The number of benzene rings is 1. The molecule has 1 aliphatic carbocycles. The van der Waals surface area contributed by atoms with Gasteiger partial charge in [0.2, 0.25) is 0 Å². The molecule has 0 amide bonds. The van der Waals surface area contributed by atoms with Crippen molar-refractivity contribution >= 4 is 28.1 Å². The van der Waals surface area contributed by atoms with Gasteiger partial charge in [0.25, 0.3) is 0 Å². The smallest absolute Gasteiger partial charge is 0.182 e. The number of nitrogens with zero attached hydrogens (tertiary/aromatic N) is 5. The molecule has 216 valence electrons. The van der Waals surface area contributed by atoms with Crippen molar-refractivity contribution in [1.82, 2.24) is 24.7 Å². The summed E-state index contributed by atoms with van der Waals surface area (Å²) in [5.74, 6) is 0.192. The SMILES string of the molecule is C.CCOc1cc(F)c(Cn2nc(-c3ncc(OCCC=S=O)c(Nc4ccncc4)n3)c(C)c2C2CC2)c(F)c1. The highest BCUT2D eigenvalue weighted by Crippen LogP contribution is 2.44. The van der Waals surface area contributed by atoms with Crippen LogP contribution < -0.4 is 14.8 Å². The number of pyridine rings is 1. The Kier molecular flexibility index (Phi) is 9.77. The topological polar surface area (TPSA) is 104 Å². The molecule has 5 rings (SSSR count). The molecule has 3 heterocycles. The second-order valence-electron chi connectivity index (χ2n) is 9.26. The van der Waals surface area contributed by atoms with Crippen LogP contribution in [0.1, 0.15) is 56.4 Å².